The molecule has 0 aliphatic carbocycles. The number of nitrogens with zero attached hydrogens (tertiary/aromatic N) is 3. The molecular formula is C12H11BrClN3. The number of aromatic nitrogens is 2. The largest absolute Gasteiger partial charge is 0.378 e. The molecule has 0 atom stereocenters. The second-order valence-corrected chi connectivity index (χ2v) is 4.99. The highest BCUT2D eigenvalue weighted by molar-refractivity contribution is 9.10. The van der Waals surface area contributed by atoms with E-state index in [9.17, 15) is 0 Å². The molecule has 1 aromatic heterocycles. The molecular weight excluding hydrogens is 302 g/mol. The van der Waals surface area contributed by atoms with Crippen molar-refractivity contribution in [3.8, 4) is 11.4 Å². The summed E-state index contributed by atoms with van der Waals surface area (Å²) >= 11 is 9.21. The smallest absolute Gasteiger partial charge is 0.160 e. The number of hydrogen-bond donors (Lipinski definition) is 0. The minimum Gasteiger partial charge on any atom is -0.378 e. The predicted molar refractivity (Wildman–Crippen MR) is 74.5 cm³/mol. The first-order valence-corrected chi connectivity index (χ1v) is 6.21. The summed E-state index contributed by atoms with van der Waals surface area (Å²) in [6.07, 6.45) is 1.66. The molecule has 2 aromatic rings. The van der Waals surface area contributed by atoms with E-state index in [0.717, 1.165) is 11.3 Å². The topological polar surface area (TPSA) is 29.0 Å². The summed E-state index contributed by atoms with van der Waals surface area (Å²) in [6, 6.07) is 8.01. The molecule has 5 heteroatoms. The van der Waals surface area contributed by atoms with Gasteiger partial charge in [0.05, 0.1) is 4.47 Å². The molecule has 17 heavy (non-hydrogen) atoms. The zero-order valence-corrected chi connectivity index (χ0v) is 11.8. The fourth-order valence-corrected chi connectivity index (χ4v) is 1.71. The molecule has 1 aromatic carbocycles. The molecule has 0 fully saturated rings. The molecule has 0 aliphatic rings. The first kappa shape index (κ1) is 12.3. The van der Waals surface area contributed by atoms with Crippen molar-refractivity contribution in [2.75, 3.05) is 19.0 Å². The van der Waals surface area contributed by atoms with Gasteiger partial charge in [0.25, 0.3) is 0 Å². The van der Waals surface area contributed by atoms with Gasteiger partial charge >= 0.3 is 0 Å². The van der Waals surface area contributed by atoms with Crippen LogP contribution in [-0.4, -0.2) is 24.1 Å². The van der Waals surface area contributed by atoms with Gasteiger partial charge in [0.15, 0.2) is 5.82 Å². The molecule has 3 nitrogen and oxygen atoms in total. The minimum atomic E-state index is 0.423. The molecule has 0 unspecified atom stereocenters. The van der Waals surface area contributed by atoms with Gasteiger partial charge in [-0.15, -0.1) is 0 Å². The Hall–Kier alpha value is -1.13. The van der Waals surface area contributed by atoms with Gasteiger partial charge in [0.1, 0.15) is 5.15 Å². The van der Waals surface area contributed by atoms with Crippen molar-refractivity contribution in [2.24, 2.45) is 0 Å². The first-order chi connectivity index (χ1) is 8.08. The van der Waals surface area contributed by atoms with Gasteiger partial charge in [0.2, 0.25) is 0 Å². The van der Waals surface area contributed by atoms with Crippen molar-refractivity contribution in [1.29, 1.82) is 0 Å². The van der Waals surface area contributed by atoms with Gasteiger partial charge < -0.3 is 4.90 Å². The second-order valence-electron chi connectivity index (χ2n) is 3.77. The summed E-state index contributed by atoms with van der Waals surface area (Å²) in [5.41, 5.74) is 2.09. The van der Waals surface area contributed by atoms with E-state index in [2.05, 4.69) is 25.9 Å². The van der Waals surface area contributed by atoms with Crippen LogP contribution in [0.5, 0.6) is 0 Å². The van der Waals surface area contributed by atoms with Crippen LogP contribution in [0.2, 0.25) is 5.15 Å². The molecule has 0 radical (unpaired) electrons. The van der Waals surface area contributed by atoms with E-state index in [4.69, 9.17) is 11.6 Å². The van der Waals surface area contributed by atoms with E-state index < -0.39 is 0 Å². The number of anilines is 1. The van der Waals surface area contributed by atoms with Crippen LogP contribution < -0.4 is 4.90 Å². The van der Waals surface area contributed by atoms with Crippen LogP contribution in [0.3, 0.4) is 0 Å². The van der Waals surface area contributed by atoms with Crippen LogP contribution in [0.4, 0.5) is 5.69 Å². The lowest BCUT2D eigenvalue weighted by Gasteiger charge is -2.12. The summed E-state index contributed by atoms with van der Waals surface area (Å²) in [5, 5.41) is 0.423. The second kappa shape index (κ2) is 5.02. The Morgan fingerprint density at radius 3 is 2.35 bits per heavy atom. The van der Waals surface area contributed by atoms with Crippen LogP contribution >= 0.6 is 27.5 Å². The normalized spacial score (nSPS) is 10.4. The van der Waals surface area contributed by atoms with Gasteiger partial charge in [-0.05, 0) is 40.2 Å². The third-order valence-corrected chi connectivity index (χ3v) is 3.44. The number of hydrogen-bond acceptors (Lipinski definition) is 3. The van der Waals surface area contributed by atoms with Crippen molar-refractivity contribution < 1.29 is 0 Å². The summed E-state index contributed by atoms with van der Waals surface area (Å²) in [6.45, 7) is 0. The van der Waals surface area contributed by atoms with Gasteiger partial charge in [-0.1, -0.05) is 11.6 Å². The average Bonchev–Trinajstić information content (AvgIpc) is 2.33. The SMILES string of the molecule is CN(C)c1ccc(-c2ncc(Br)c(Cl)n2)cc1. The average molecular weight is 313 g/mol. The van der Waals surface area contributed by atoms with E-state index in [1.807, 2.05) is 43.3 Å². The highest BCUT2D eigenvalue weighted by atomic mass is 79.9. The number of rotatable bonds is 2. The van der Waals surface area contributed by atoms with E-state index in [0.29, 0.717) is 15.5 Å². The standard InChI is InChI=1S/C12H11BrClN3/c1-17(2)9-5-3-8(4-6-9)12-15-7-10(13)11(14)16-12/h3-7H,1-2H3. The van der Waals surface area contributed by atoms with Crippen LogP contribution in [0.15, 0.2) is 34.9 Å². The predicted octanol–water partition coefficient (Wildman–Crippen LogP) is 3.63. The molecule has 0 N–H and O–H groups in total. The summed E-state index contributed by atoms with van der Waals surface area (Å²) in [7, 11) is 4.00. The Morgan fingerprint density at radius 2 is 1.82 bits per heavy atom. The number of benzene rings is 1. The van der Waals surface area contributed by atoms with Crippen molar-refractivity contribution in [3.05, 3.63) is 40.1 Å². The fourth-order valence-electron chi connectivity index (χ4n) is 1.39. The van der Waals surface area contributed by atoms with Gasteiger partial charge in [-0.3, -0.25) is 0 Å². The Bertz CT molecular complexity index is 526. The molecule has 88 valence electrons. The lowest BCUT2D eigenvalue weighted by molar-refractivity contribution is 1.13. The maximum Gasteiger partial charge on any atom is 0.160 e. The third-order valence-electron chi connectivity index (χ3n) is 2.34. The Balaban J connectivity index is 2.36. The van der Waals surface area contributed by atoms with Gasteiger partial charge in [-0.2, -0.15) is 0 Å². The lowest BCUT2D eigenvalue weighted by Crippen LogP contribution is -2.08. The maximum absolute atomic E-state index is 5.94. The molecule has 0 aliphatic heterocycles. The Kier molecular flexibility index (Phi) is 3.64. The quantitative estimate of drug-likeness (QED) is 0.793. The van der Waals surface area contributed by atoms with Crippen LogP contribution in [0, 0.1) is 0 Å². The molecule has 0 bridgehead atoms. The van der Waals surface area contributed by atoms with E-state index in [1.165, 1.54) is 0 Å². The van der Waals surface area contributed by atoms with E-state index >= 15 is 0 Å². The van der Waals surface area contributed by atoms with Crippen LogP contribution in [0.1, 0.15) is 0 Å². The minimum absolute atomic E-state index is 0.423. The van der Waals surface area contributed by atoms with E-state index in [1.54, 1.807) is 6.20 Å². The molecule has 1 heterocycles. The van der Waals surface area contributed by atoms with Crippen molar-refractivity contribution in [1.82, 2.24) is 9.97 Å². The molecule has 0 amide bonds. The lowest BCUT2D eigenvalue weighted by atomic mass is 10.2. The molecule has 0 saturated carbocycles. The highest BCUT2D eigenvalue weighted by Gasteiger charge is 2.05. The maximum atomic E-state index is 5.94. The van der Waals surface area contributed by atoms with Gasteiger partial charge in [0, 0.05) is 31.5 Å². The Morgan fingerprint density at radius 1 is 1.18 bits per heavy atom. The zero-order valence-electron chi connectivity index (χ0n) is 9.48. The van der Waals surface area contributed by atoms with Crippen LogP contribution in [0.25, 0.3) is 11.4 Å². The first-order valence-electron chi connectivity index (χ1n) is 5.04. The fraction of sp³-hybridized carbons (Fsp3) is 0.167. The van der Waals surface area contributed by atoms with Gasteiger partial charge in [-0.25, -0.2) is 9.97 Å². The summed E-state index contributed by atoms with van der Waals surface area (Å²) in [5.74, 6) is 0.628. The zero-order chi connectivity index (χ0) is 12.4. The summed E-state index contributed by atoms with van der Waals surface area (Å²) < 4.78 is 0.702. The molecule has 2 rings (SSSR count). The van der Waals surface area contributed by atoms with Crippen molar-refractivity contribution >= 4 is 33.2 Å². The van der Waals surface area contributed by atoms with Crippen molar-refractivity contribution in [3.63, 3.8) is 0 Å². The number of halogens is 2. The van der Waals surface area contributed by atoms with E-state index in [-0.39, 0.29) is 0 Å². The van der Waals surface area contributed by atoms with Crippen molar-refractivity contribution in [2.45, 2.75) is 0 Å². The molecule has 0 spiro atoms. The third kappa shape index (κ3) is 2.76. The summed E-state index contributed by atoms with van der Waals surface area (Å²) in [4.78, 5) is 10.5. The highest BCUT2D eigenvalue weighted by Crippen LogP contribution is 2.24. The van der Waals surface area contributed by atoms with Crippen LogP contribution in [-0.2, 0) is 0 Å². The Labute approximate surface area is 114 Å². The monoisotopic (exact) mass is 311 g/mol. The molecule has 0 saturated heterocycles.